The SMILES string of the molecule is Cc1ccc([N+](=O)[O-])cc1NC(=O)c1cc(F)cnc1Cl. The van der Waals surface area contributed by atoms with E-state index in [0.29, 0.717) is 5.56 Å². The Hall–Kier alpha value is -2.54. The molecule has 0 bridgehead atoms. The zero-order valence-electron chi connectivity index (χ0n) is 10.8. The lowest BCUT2D eigenvalue weighted by Gasteiger charge is -2.09. The predicted octanol–water partition coefficient (Wildman–Crippen LogP) is 3.34. The summed E-state index contributed by atoms with van der Waals surface area (Å²) < 4.78 is 13.1. The minimum Gasteiger partial charge on any atom is -0.321 e. The van der Waals surface area contributed by atoms with Crippen molar-refractivity contribution in [2.24, 2.45) is 0 Å². The van der Waals surface area contributed by atoms with Crippen molar-refractivity contribution in [3.05, 3.63) is 62.7 Å². The first-order valence-electron chi connectivity index (χ1n) is 5.76. The summed E-state index contributed by atoms with van der Waals surface area (Å²) in [4.78, 5) is 25.7. The number of carbonyl (C=O) groups is 1. The Bertz CT molecular complexity index is 737. The van der Waals surface area contributed by atoms with Crippen LogP contribution < -0.4 is 5.32 Å². The van der Waals surface area contributed by atoms with Crippen LogP contribution in [0.1, 0.15) is 15.9 Å². The summed E-state index contributed by atoms with van der Waals surface area (Å²) in [6, 6.07) is 4.98. The van der Waals surface area contributed by atoms with Crippen LogP contribution in [0.5, 0.6) is 0 Å². The number of rotatable bonds is 3. The Balaban J connectivity index is 2.33. The van der Waals surface area contributed by atoms with Crippen LogP contribution in [0.4, 0.5) is 15.8 Å². The zero-order valence-corrected chi connectivity index (χ0v) is 11.5. The predicted molar refractivity (Wildman–Crippen MR) is 75.0 cm³/mol. The maximum absolute atomic E-state index is 13.1. The van der Waals surface area contributed by atoms with E-state index in [2.05, 4.69) is 10.3 Å². The fourth-order valence-electron chi connectivity index (χ4n) is 1.63. The van der Waals surface area contributed by atoms with Crippen LogP contribution in [0.25, 0.3) is 0 Å². The Kier molecular flexibility index (Phi) is 4.13. The first-order chi connectivity index (χ1) is 9.88. The molecule has 1 heterocycles. The number of nitrogens with one attached hydrogen (secondary N) is 1. The molecule has 6 nitrogen and oxygen atoms in total. The number of aryl methyl sites for hydroxylation is 1. The molecule has 1 aromatic carbocycles. The monoisotopic (exact) mass is 309 g/mol. The molecule has 0 aliphatic carbocycles. The number of hydrogen-bond donors (Lipinski definition) is 1. The highest BCUT2D eigenvalue weighted by Crippen LogP contribution is 2.23. The minimum absolute atomic E-state index is 0.150. The highest BCUT2D eigenvalue weighted by atomic mass is 35.5. The molecule has 21 heavy (non-hydrogen) atoms. The maximum Gasteiger partial charge on any atom is 0.271 e. The smallest absolute Gasteiger partial charge is 0.271 e. The fraction of sp³-hybridized carbons (Fsp3) is 0.0769. The van der Waals surface area contributed by atoms with Crippen molar-refractivity contribution < 1.29 is 14.1 Å². The van der Waals surface area contributed by atoms with E-state index in [4.69, 9.17) is 11.6 Å². The van der Waals surface area contributed by atoms with Crippen molar-refractivity contribution in [1.29, 1.82) is 0 Å². The van der Waals surface area contributed by atoms with Gasteiger partial charge in [0.25, 0.3) is 11.6 Å². The Morgan fingerprint density at radius 1 is 1.43 bits per heavy atom. The molecular formula is C13H9ClFN3O3. The van der Waals surface area contributed by atoms with E-state index in [1.165, 1.54) is 18.2 Å². The molecule has 2 aromatic rings. The second kappa shape index (κ2) is 5.84. The molecule has 0 unspecified atom stereocenters. The van der Waals surface area contributed by atoms with Gasteiger partial charge in [-0.05, 0) is 18.6 Å². The van der Waals surface area contributed by atoms with Crippen molar-refractivity contribution in [2.45, 2.75) is 6.92 Å². The van der Waals surface area contributed by atoms with Gasteiger partial charge in [0.05, 0.1) is 22.4 Å². The van der Waals surface area contributed by atoms with Crippen LogP contribution >= 0.6 is 11.6 Å². The fourth-order valence-corrected chi connectivity index (χ4v) is 1.82. The second-order valence-corrected chi connectivity index (χ2v) is 4.56. The Morgan fingerprint density at radius 3 is 2.81 bits per heavy atom. The van der Waals surface area contributed by atoms with Crippen molar-refractivity contribution in [3.8, 4) is 0 Å². The van der Waals surface area contributed by atoms with Crippen LogP contribution in [-0.2, 0) is 0 Å². The quantitative estimate of drug-likeness (QED) is 0.535. The largest absolute Gasteiger partial charge is 0.321 e. The number of hydrogen-bond acceptors (Lipinski definition) is 4. The van der Waals surface area contributed by atoms with E-state index >= 15 is 0 Å². The summed E-state index contributed by atoms with van der Waals surface area (Å²) in [5.74, 6) is -1.41. The number of halogens is 2. The summed E-state index contributed by atoms with van der Waals surface area (Å²) in [5.41, 5.74) is 0.547. The summed E-state index contributed by atoms with van der Waals surface area (Å²) in [5, 5.41) is 13.0. The van der Waals surface area contributed by atoms with Gasteiger partial charge in [-0.3, -0.25) is 14.9 Å². The average molecular weight is 310 g/mol. The molecular weight excluding hydrogens is 301 g/mol. The van der Waals surface area contributed by atoms with Crippen LogP contribution in [0, 0.1) is 22.9 Å². The van der Waals surface area contributed by atoms with E-state index in [-0.39, 0.29) is 22.1 Å². The molecule has 0 saturated carbocycles. The van der Waals surface area contributed by atoms with Crippen LogP contribution in [0.3, 0.4) is 0 Å². The van der Waals surface area contributed by atoms with E-state index in [9.17, 15) is 19.3 Å². The van der Waals surface area contributed by atoms with Gasteiger partial charge < -0.3 is 5.32 Å². The molecule has 0 spiro atoms. The lowest BCUT2D eigenvalue weighted by Crippen LogP contribution is -2.14. The number of benzene rings is 1. The van der Waals surface area contributed by atoms with Gasteiger partial charge >= 0.3 is 0 Å². The Labute approximate surface area is 123 Å². The molecule has 0 atom stereocenters. The molecule has 8 heteroatoms. The number of nitro groups is 1. The van der Waals surface area contributed by atoms with Gasteiger partial charge in [0.1, 0.15) is 11.0 Å². The number of anilines is 1. The Morgan fingerprint density at radius 2 is 2.14 bits per heavy atom. The van der Waals surface area contributed by atoms with Gasteiger partial charge in [0.2, 0.25) is 0 Å². The molecule has 0 radical (unpaired) electrons. The third kappa shape index (κ3) is 3.32. The summed E-state index contributed by atoms with van der Waals surface area (Å²) >= 11 is 5.73. The average Bonchev–Trinajstić information content (AvgIpc) is 2.43. The number of carbonyl (C=O) groups excluding carboxylic acids is 1. The first-order valence-corrected chi connectivity index (χ1v) is 6.13. The van der Waals surface area contributed by atoms with Crippen molar-refractivity contribution in [3.63, 3.8) is 0 Å². The van der Waals surface area contributed by atoms with Gasteiger partial charge in [-0.15, -0.1) is 0 Å². The highest BCUT2D eigenvalue weighted by molar-refractivity contribution is 6.33. The number of nitro benzene ring substituents is 1. The van der Waals surface area contributed by atoms with E-state index in [0.717, 1.165) is 12.3 Å². The third-order valence-electron chi connectivity index (χ3n) is 2.73. The third-order valence-corrected chi connectivity index (χ3v) is 3.03. The summed E-state index contributed by atoms with van der Waals surface area (Å²) in [7, 11) is 0. The standard InChI is InChI=1S/C13H9ClFN3O3/c1-7-2-3-9(18(20)21)5-11(7)17-13(19)10-4-8(15)6-16-12(10)14/h2-6H,1H3,(H,17,19). The molecule has 108 valence electrons. The van der Waals surface area contributed by atoms with Gasteiger partial charge in [-0.25, -0.2) is 9.37 Å². The molecule has 1 N–H and O–H groups in total. The highest BCUT2D eigenvalue weighted by Gasteiger charge is 2.16. The van der Waals surface area contributed by atoms with E-state index < -0.39 is 16.6 Å². The van der Waals surface area contributed by atoms with Crippen molar-refractivity contribution in [1.82, 2.24) is 4.98 Å². The number of pyridine rings is 1. The van der Waals surface area contributed by atoms with Crippen molar-refractivity contribution >= 4 is 28.9 Å². The molecule has 0 aliphatic heterocycles. The van der Waals surface area contributed by atoms with Gasteiger partial charge in [0.15, 0.2) is 0 Å². The lowest BCUT2D eigenvalue weighted by molar-refractivity contribution is -0.384. The lowest BCUT2D eigenvalue weighted by atomic mass is 10.1. The molecule has 0 fully saturated rings. The van der Waals surface area contributed by atoms with Crippen molar-refractivity contribution in [2.75, 3.05) is 5.32 Å². The molecule has 0 aliphatic rings. The van der Waals surface area contributed by atoms with E-state index in [1.807, 2.05) is 0 Å². The summed E-state index contributed by atoms with van der Waals surface area (Å²) in [6.07, 6.45) is 0.887. The normalized spacial score (nSPS) is 10.2. The van der Waals surface area contributed by atoms with E-state index in [1.54, 1.807) is 6.92 Å². The topological polar surface area (TPSA) is 85.1 Å². The molecule has 2 rings (SSSR count). The van der Waals surface area contributed by atoms with Gasteiger partial charge in [0, 0.05) is 12.1 Å². The van der Waals surface area contributed by atoms with Crippen LogP contribution in [0.2, 0.25) is 5.15 Å². The first kappa shape index (κ1) is 14.9. The number of non-ortho nitro benzene ring substituents is 1. The summed E-state index contributed by atoms with van der Waals surface area (Å²) in [6.45, 7) is 1.67. The van der Waals surface area contributed by atoms with Crippen LogP contribution in [0.15, 0.2) is 30.5 Å². The molecule has 1 amide bonds. The van der Waals surface area contributed by atoms with Crippen LogP contribution in [-0.4, -0.2) is 15.8 Å². The van der Waals surface area contributed by atoms with Gasteiger partial charge in [-0.1, -0.05) is 17.7 Å². The molecule has 0 saturated heterocycles. The number of nitrogens with zero attached hydrogens (tertiary/aromatic N) is 2. The number of amides is 1. The molecule has 1 aromatic heterocycles. The maximum atomic E-state index is 13.1. The van der Waals surface area contributed by atoms with Gasteiger partial charge in [-0.2, -0.15) is 0 Å². The number of aromatic nitrogens is 1. The second-order valence-electron chi connectivity index (χ2n) is 4.20. The minimum atomic E-state index is -0.708. The zero-order chi connectivity index (χ0) is 15.6.